The van der Waals surface area contributed by atoms with Crippen LogP contribution in [0.5, 0.6) is 0 Å². The number of aromatic amines is 4. The highest BCUT2D eigenvalue weighted by atomic mass is 35.5. The first kappa shape index (κ1) is 14.9. The SMILES string of the molecule is CC[NH-].[Cl-].c1nn[nH][nH+]1.c1nn[nH][nH+]1. The Hall–Kier alpha value is -1.61. The lowest BCUT2D eigenvalue weighted by Crippen LogP contribution is -3.00. The first-order valence-electron chi connectivity index (χ1n) is 3.50. The van der Waals surface area contributed by atoms with Gasteiger partial charge in [0.05, 0.1) is 0 Å². The molecule has 0 aliphatic carbocycles. The highest BCUT2D eigenvalue weighted by Gasteiger charge is 1.72. The first-order valence-corrected chi connectivity index (χ1v) is 3.50. The summed E-state index contributed by atoms with van der Waals surface area (Å²) >= 11 is 0. The standard InChI is InChI=1S/C2H6N.2CH2N4.ClH/c1-2-3;2*1-2-4-5-3-1;/h3H,2H2,1H3;2*1H,(H,2,3,4,5);1H/q-1;;;/p+1. The van der Waals surface area contributed by atoms with Crippen LogP contribution < -0.4 is 22.6 Å². The molecular formula is C4H12ClN9. The molecule has 0 atom stereocenters. The number of nitrogens with zero attached hydrogens (tertiary/aromatic N) is 4. The van der Waals surface area contributed by atoms with Crippen molar-refractivity contribution >= 4 is 0 Å². The summed E-state index contributed by atoms with van der Waals surface area (Å²) < 4.78 is 0. The van der Waals surface area contributed by atoms with Gasteiger partial charge in [-0.05, 0) is 0 Å². The topological polar surface area (TPSA) is 135 Å². The van der Waals surface area contributed by atoms with Crippen molar-refractivity contribution < 1.29 is 22.6 Å². The Kier molecular flexibility index (Phi) is 14.8. The van der Waals surface area contributed by atoms with Gasteiger partial charge in [-0.2, -0.15) is 16.7 Å². The van der Waals surface area contributed by atoms with Crippen LogP contribution >= 0.6 is 0 Å². The van der Waals surface area contributed by atoms with E-state index >= 15 is 0 Å². The molecule has 2 rings (SSSR count). The highest BCUT2D eigenvalue weighted by Crippen LogP contribution is 1.44. The third-order valence-electron chi connectivity index (χ3n) is 0.589. The summed E-state index contributed by atoms with van der Waals surface area (Å²) in [4.78, 5) is 0. The van der Waals surface area contributed by atoms with Crippen LogP contribution in [-0.2, 0) is 0 Å². The van der Waals surface area contributed by atoms with Gasteiger partial charge in [-0.1, -0.05) is 17.4 Å². The molecule has 0 aliphatic heterocycles. The number of rotatable bonds is 0. The molecule has 2 aromatic heterocycles. The molecule has 0 spiro atoms. The predicted molar refractivity (Wildman–Crippen MR) is 40.7 cm³/mol. The van der Waals surface area contributed by atoms with E-state index in [1.165, 1.54) is 12.7 Å². The number of nitrogens with one attached hydrogen (secondary N) is 5. The molecule has 14 heavy (non-hydrogen) atoms. The maximum Gasteiger partial charge on any atom is 0.286 e. The zero-order valence-corrected chi connectivity index (χ0v) is 8.28. The maximum absolute atomic E-state index is 6.21. The minimum Gasteiger partial charge on any atom is -1.00 e. The Morgan fingerprint density at radius 1 is 1.14 bits per heavy atom. The summed E-state index contributed by atoms with van der Waals surface area (Å²) in [6, 6.07) is 0. The van der Waals surface area contributed by atoms with E-state index in [1.807, 2.05) is 0 Å². The Morgan fingerprint density at radius 2 is 1.50 bits per heavy atom. The number of hydrogen-bond donors (Lipinski definition) is 2. The van der Waals surface area contributed by atoms with Crippen LogP contribution in [-0.4, -0.2) is 37.6 Å². The molecule has 2 aromatic rings. The minimum absolute atomic E-state index is 0. The molecule has 80 valence electrons. The second-order valence-electron chi connectivity index (χ2n) is 1.55. The number of aromatic nitrogens is 8. The zero-order valence-electron chi connectivity index (χ0n) is 7.53. The van der Waals surface area contributed by atoms with Gasteiger partial charge in [-0.15, -0.1) is 0 Å². The summed E-state index contributed by atoms with van der Waals surface area (Å²) in [6.45, 7) is 2.29. The molecule has 0 unspecified atom stereocenters. The first-order chi connectivity index (χ1) is 6.41. The van der Waals surface area contributed by atoms with Gasteiger partial charge < -0.3 is 18.1 Å². The van der Waals surface area contributed by atoms with Crippen molar-refractivity contribution in [2.24, 2.45) is 0 Å². The fourth-order valence-corrected chi connectivity index (χ4v) is 0.289. The third-order valence-corrected chi connectivity index (χ3v) is 0.589. The predicted octanol–water partition coefficient (Wildman–Crippen LogP) is -4.70. The van der Waals surface area contributed by atoms with Gasteiger partial charge >= 0.3 is 0 Å². The van der Waals surface area contributed by atoms with Crippen molar-refractivity contribution in [3.63, 3.8) is 0 Å². The fraction of sp³-hybridized carbons (Fsp3) is 0.500. The Morgan fingerprint density at radius 3 is 1.57 bits per heavy atom. The highest BCUT2D eigenvalue weighted by molar-refractivity contribution is 4.33. The summed E-state index contributed by atoms with van der Waals surface area (Å²) in [5.74, 6) is 0. The van der Waals surface area contributed by atoms with Gasteiger partial charge in [-0.25, -0.2) is 0 Å². The molecular weight excluding hydrogens is 210 g/mol. The van der Waals surface area contributed by atoms with E-state index in [0.29, 0.717) is 6.54 Å². The lowest BCUT2D eigenvalue weighted by Gasteiger charge is -1.72. The number of halogens is 1. The van der Waals surface area contributed by atoms with Crippen LogP contribution in [0.3, 0.4) is 0 Å². The summed E-state index contributed by atoms with van der Waals surface area (Å²) in [6.07, 6.45) is 2.92. The molecule has 2 heterocycles. The van der Waals surface area contributed by atoms with E-state index in [4.69, 9.17) is 5.73 Å². The van der Waals surface area contributed by atoms with Crippen LogP contribution in [0, 0.1) is 0 Å². The van der Waals surface area contributed by atoms with Crippen molar-refractivity contribution in [2.45, 2.75) is 6.92 Å². The lowest BCUT2D eigenvalue weighted by atomic mass is 10.8. The minimum atomic E-state index is 0. The van der Waals surface area contributed by atoms with Crippen molar-refractivity contribution in [1.29, 1.82) is 0 Å². The molecule has 0 aliphatic rings. The van der Waals surface area contributed by atoms with Crippen molar-refractivity contribution in [3.05, 3.63) is 18.4 Å². The Labute approximate surface area is 86.3 Å². The summed E-state index contributed by atoms with van der Waals surface area (Å²) in [5.41, 5.74) is 6.21. The number of tetrazole rings is 2. The number of hydrogen-bond acceptors (Lipinski definition) is 4. The monoisotopic (exact) mass is 221 g/mol. The van der Waals surface area contributed by atoms with Gasteiger partial charge in [0.25, 0.3) is 12.7 Å². The quantitative estimate of drug-likeness (QED) is 0.462. The average molecular weight is 222 g/mol. The van der Waals surface area contributed by atoms with Crippen molar-refractivity contribution in [2.75, 3.05) is 6.54 Å². The Balaban J connectivity index is 0. The summed E-state index contributed by atoms with van der Waals surface area (Å²) in [7, 11) is 0. The van der Waals surface area contributed by atoms with Gasteiger partial charge in [0, 0.05) is 0 Å². The van der Waals surface area contributed by atoms with Gasteiger partial charge in [0.2, 0.25) is 0 Å². The molecule has 0 fully saturated rings. The Bertz CT molecular complexity index is 168. The van der Waals surface area contributed by atoms with Crippen LogP contribution in [0.4, 0.5) is 0 Å². The van der Waals surface area contributed by atoms with Gasteiger partial charge in [0.15, 0.2) is 10.4 Å². The van der Waals surface area contributed by atoms with Crippen molar-refractivity contribution in [1.82, 2.24) is 31.1 Å². The summed E-state index contributed by atoms with van der Waals surface area (Å²) in [5, 5.41) is 23.1. The fourth-order valence-electron chi connectivity index (χ4n) is 0.289. The van der Waals surface area contributed by atoms with Gasteiger partial charge in [0.1, 0.15) is 10.2 Å². The molecule has 0 saturated heterocycles. The molecule has 0 aromatic carbocycles. The van der Waals surface area contributed by atoms with E-state index in [9.17, 15) is 0 Å². The second kappa shape index (κ2) is 13.9. The largest absolute Gasteiger partial charge is 1.00 e. The van der Waals surface area contributed by atoms with Crippen LogP contribution in [0.25, 0.3) is 5.73 Å². The molecule has 9 nitrogen and oxygen atoms in total. The van der Waals surface area contributed by atoms with Crippen LogP contribution in [0.15, 0.2) is 12.7 Å². The molecule has 10 heteroatoms. The van der Waals surface area contributed by atoms with Crippen LogP contribution in [0.1, 0.15) is 6.92 Å². The molecule has 0 bridgehead atoms. The molecule has 0 amide bonds. The molecule has 0 radical (unpaired) electrons. The molecule has 5 N–H and O–H groups in total. The van der Waals surface area contributed by atoms with Gasteiger partial charge in [-0.3, -0.25) is 0 Å². The van der Waals surface area contributed by atoms with E-state index in [1.54, 1.807) is 6.92 Å². The normalized spacial score (nSPS) is 7.00. The van der Waals surface area contributed by atoms with E-state index in [2.05, 4.69) is 41.2 Å². The number of H-pyrrole nitrogens is 4. The van der Waals surface area contributed by atoms with E-state index in [-0.39, 0.29) is 12.4 Å². The van der Waals surface area contributed by atoms with E-state index in [0.717, 1.165) is 0 Å². The van der Waals surface area contributed by atoms with Crippen LogP contribution in [0.2, 0.25) is 0 Å². The average Bonchev–Trinajstić information content (AvgIpc) is 2.85. The maximum atomic E-state index is 6.21. The molecule has 0 saturated carbocycles. The zero-order chi connectivity index (χ0) is 9.78. The lowest BCUT2D eigenvalue weighted by molar-refractivity contribution is -0.456. The van der Waals surface area contributed by atoms with Crippen molar-refractivity contribution in [3.8, 4) is 0 Å². The smallest absolute Gasteiger partial charge is 0.286 e. The third kappa shape index (κ3) is 13.0. The van der Waals surface area contributed by atoms with E-state index < -0.39 is 0 Å². The second-order valence-corrected chi connectivity index (χ2v) is 1.55.